The number of pyridine rings is 1. The van der Waals surface area contributed by atoms with E-state index in [-0.39, 0.29) is 46.1 Å². The number of nitrogens with one attached hydrogen (secondary N) is 3. The molecule has 0 bridgehead atoms. The van der Waals surface area contributed by atoms with Gasteiger partial charge in [-0.1, -0.05) is 0 Å². The minimum atomic E-state index is -1.27. The average Bonchev–Trinajstić information content (AvgIpc) is 3.50. The van der Waals surface area contributed by atoms with E-state index in [9.17, 15) is 31.9 Å². The Bertz CT molecular complexity index is 2220. The van der Waals surface area contributed by atoms with Gasteiger partial charge in [0.25, 0.3) is 17.7 Å². The quantitative estimate of drug-likeness (QED) is 0.189. The maximum atomic E-state index is 14.7. The van der Waals surface area contributed by atoms with Crippen molar-refractivity contribution >= 4 is 46.1 Å². The van der Waals surface area contributed by atoms with Gasteiger partial charge in [-0.05, 0) is 80.4 Å². The monoisotopic (exact) mass is 758 g/mol. The highest BCUT2D eigenvalue weighted by atomic mass is 32.1. The largest absolute Gasteiger partial charge is 0.381 e. The van der Waals surface area contributed by atoms with Crippen LogP contribution in [-0.2, 0) is 16.0 Å². The van der Waals surface area contributed by atoms with E-state index >= 15 is 0 Å². The number of aromatic nitrogens is 1. The van der Waals surface area contributed by atoms with Crippen molar-refractivity contribution in [3.05, 3.63) is 118 Å². The molecule has 2 saturated heterocycles. The van der Waals surface area contributed by atoms with Gasteiger partial charge >= 0.3 is 0 Å². The lowest BCUT2D eigenvalue weighted by Gasteiger charge is -2.59. The van der Waals surface area contributed by atoms with Crippen LogP contribution in [0.25, 0.3) is 10.6 Å². The molecule has 54 heavy (non-hydrogen) atoms. The summed E-state index contributed by atoms with van der Waals surface area (Å²) in [5, 5.41) is 8.51. The van der Waals surface area contributed by atoms with Gasteiger partial charge < -0.3 is 25.6 Å². The molecule has 4 aromatic rings. The van der Waals surface area contributed by atoms with Crippen molar-refractivity contribution in [1.29, 1.82) is 0 Å². The Labute approximate surface area is 311 Å². The number of anilines is 3. The number of allylic oxidation sites excluding steroid dienone is 2. The fourth-order valence-electron chi connectivity index (χ4n) is 7.54. The number of halogens is 4. The Morgan fingerprint density at radius 1 is 0.926 bits per heavy atom. The van der Waals surface area contributed by atoms with Gasteiger partial charge in [0.05, 0.1) is 27.2 Å². The molecule has 278 valence electrons. The lowest BCUT2D eigenvalue weighted by Crippen LogP contribution is -2.70. The third kappa shape index (κ3) is 6.45. The fraction of sp³-hybridized carbons (Fsp3) is 0.282. The van der Waals surface area contributed by atoms with Crippen LogP contribution in [0.5, 0.6) is 0 Å². The van der Waals surface area contributed by atoms with Crippen molar-refractivity contribution in [2.45, 2.75) is 31.8 Å². The standard InChI is InChI=1S/C39H34F4N6O4S/c1-38(48-20-39(21-48)9-13-53-14-10-39)27(3-2-11-45-38)35(50)46-26-6-4-22(5-7-26)37(52)49-12-8-23-15-31(54-34(23)33-30(49)18-25(41)19-44-33)36(51)47-32-28(42)16-24(40)17-29(32)43/h2-7,11,15-19,45H,8-10,12-14,20-21H2,1H3,(H,46,50)(H,47,51). The fourth-order valence-corrected chi connectivity index (χ4v) is 8.65. The van der Waals surface area contributed by atoms with Crippen molar-refractivity contribution in [3.8, 4) is 10.6 Å². The molecular weight excluding hydrogens is 725 g/mol. The first-order chi connectivity index (χ1) is 25.9. The number of carbonyl (C=O) groups excluding carboxylic acids is 3. The van der Waals surface area contributed by atoms with Crippen LogP contribution >= 0.6 is 11.3 Å². The number of fused-ring (bicyclic) bond motifs is 3. The van der Waals surface area contributed by atoms with Gasteiger partial charge in [-0.3, -0.25) is 24.3 Å². The topological polar surface area (TPSA) is 116 Å². The van der Waals surface area contributed by atoms with E-state index in [4.69, 9.17) is 4.74 Å². The lowest BCUT2D eigenvalue weighted by atomic mass is 9.71. The predicted octanol–water partition coefficient (Wildman–Crippen LogP) is 6.63. The number of amides is 3. The maximum absolute atomic E-state index is 14.7. The maximum Gasteiger partial charge on any atom is 0.265 e. The third-order valence-corrected chi connectivity index (χ3v) is 11.8. The molecule has 3 amide bonds. The molecule has 2 aromatic carbocycles. The lowest BCUT2D eigenvalue weighted by molar-refractivity contribution is -0.127. The van der Waals surface area contributed by atoms with Crippen molar-refractivity contribution < 1.29 is 36.7 Å². The van der Waals surface area contributed by atoms with Crippen molar-refractivity contribution in [2.75, 3.05) is 48.4 Å². The number of thiophene rings is 1. The summed E-state index contributed by atoms with van der Waals surface area (Å²) in [5.74, 6) is -5.89. The predicted molar refractivity (Wildman–Crippen MR) is 195 cm³/mol. The van der Waals surface area contributed by atoms with Crippen molar-refractivity contribution in [3.63, 3.8) is 0 Å². The minimum Gasteiger partial charge on any atom is -0.381 e. The smallest absolute Gasteiger partial charge is 0.265 e. The van der Waals surface area contributed by atoms with Crippen LogP contribution < -0.4 is 20.9 Å². The second-order valence-electron chi connectivity index (χ2n) is 14.0. The summed E-state index contributed by atoms with van der Waals surface area (Å²) in [6.07, 6.45) is 8.69. The number of likely N-dealkylation sites (tertiary alicyclic amines) is 1. The number of carbonyl (C=O) groups is 3. The molecular formula is C39H34F4N6O4S. The molecule has 2 fully saturated rings. The van der Waals surface area contributed by atoms with Gasteiger partial charge in [-0.25, -0.2) is 17.6 Å². The van der Waals surface area contributed by atoms with E-state index in [0.717, 1.165) is 56.7 Å². The molecule has 0 radical (unpaired) electrons. The van der Waals surface area contributed by atoms with Gasteiger partial charge in [0, 0.05) is 67.7 Å². The SMILES string of the molecule is CC1(N2CC3(CCOCC3)C2)NC=CC=C1C(=O)Nc1ccc(C(=O)N2CCc3cc(C(=O)Nc4c(F)cc(F)cc4F)sc3-c3ncc(F)cc32)cc1. The van der Waals surface area contributed by atoms with Crippen LogP contribution in [0.4, 0.5) is 34.6 Å². The number of ether oxygens (including phenoxy) is 1. The molecule has 4 aliphatic heterocycles. The Kier molecular flexibility index (Phi) is 9.10. The van der Waals surface area contributed by atoms with Crippen LogP contribution in [0.3, 0.4) is 0 Å². The summed E-state index contributed by atoms with van der Waals surface area (Å²) in [6.45, 7) is 5.32. The van der Waals surface area contributed by atoms with E-state index in [1.54, 1.807) is 30.3 Å². The Hall–Kier alpha value is -5.38. The highest BCUT2D eigenvalue weighted by Gasteiger charge is 2.52. The molecule has 0 aliphatic carbocycles. The third-order valence-electron chi connectivity index (χ3n) is 10.6. The van der Waals surface area contributed by atoms with E-state index in [0.29, 0.717) is 33.8 Å². The molecule has 1 spiro atoms. The van der Waals surface area contributed by atoms with E-state index < -0.39 is 46.4 Å². The van der Waals surface area contributed by atoms with Gasteiger partial charge in [0.15, 0.2) is 11.6 Å². The van der Waals surface area contributed by atoms with Crippen molar-refractivity contribution in [2.24, 2.45) is 5.41 Å². The number of dihydropyridines is 1. The van der Waals surface area contributed by atoms with E-state index in [1.807, 2.05) is 19.2 Å². The Morgan fingerprint density at radius 2 is 1.65 bits per heavy atom. The average molecular weight is 759 g/mol. The van der Waals surface area contributed by atoms with Gasteiger partial charge in [0.1, 0.15) is 28.7 Å². The molecule has 8 rings (SSSR count). The molecule has 3 N–H and O–H groups in total. The van der Waals surface area contributed by atoms with E-state index in [2.05, 4.69) is 25.8 Å². The first-order valence-corrected chi connectivity index (χ1v) is 18.2. The summed E-state index contributed by atoms with van der Waals surface area (Å²) in [5.41, 5.74) is 1.10. The second kappa shape index (κ2) is 13.8. The first kappa shape index (κ1) is 35.6. The normalized spacial score (nSPS) is 20.2. The molecule has 10 nitrogen and oxygen atoms in total. The van der Waals surface area contributed by atoms with Crippen LogP contribution in [-0.4, -0.2) is 66.1 Å². The summed E-state index contributed by atoms with van der Waals surface area (Å²) < 4.78 is 62.1. The number of hydrogen-bond acceptors (Lipinski definition) is 8. The number of rotatable bonds is 6. The van der Waals surface area contributed by atoms with Crippen molar-refractivity contribution in [1.82, 2.24) is 15.2 Å². The molecule has 4 aliphatic rings. The molecule has 6 heterocycles. The number of hydrogen-bond donors (Lipinski definition) is 3. The summed E-state index contributed by atoms with van der Waals surface area (Å²) in [4.78, 5) is 49.2. The van der Waals surface area contributed by atoms with Gasteiger partial charge in [0.2, 0.25) is 0 Å². The zero-order valence-corrected chi connectivity index (χ0v) is 29.8. The highest BCUT2D eigenvalue weighted by molar-refractivity contribution is 7.17. The molecule has 1 atom stereocenters. The molecule has 2 aromatic heterocycles. The van der Waals surface area contributed by atoms with Crippen LogP contribution in [0, 0.1) is 28.7 Å². The Morgan fingerprint density at radius 3 is 2.37 bits per heavy atom. The first-order valence-electron chi connectivity index (χ1n) is 17.4. The summed E-state index contributed by atoms with van der Waals surface area (Å²) >= 11 is 0.965. The zero-order valence-electron chi connectivity index (χ0n) is 29.0. The molecule has 15 heteroatoms. The number of nitrogens with zero attached hydrogens (tertiary/aromatic N) is 3. The second-order valence-corrected chi connectivity index (χ2v) is 15.1. The molecule has 0 saturated carbocycles. The number of benzene rings is 2. The van der Waals surface area contributed by atoms with Crippen LogP contribution in [0.1, 0.15) is 45.4 Å². The van der Waals surface area contributed by atoms with Crippen LogP contribution in [0.15, 0.2) is 78.7 Å². The zero-order chi connectivity index (χ0) is 37.8. The minimum absolute atomic E-state index is 0.0850. The van der Waals surface area contributed by atoms with Gasteiger partial charge in [-0.15, -0.1) is 11.3 Å². The Balaban J connectivity index is 0.979. The van der Waals surface area contributed by atoms with E-state index in [1.165, 1.54) is 17.0 Å². The summed E-state index contributed by atoms with van der Waals surface area (Å²) in [7, 11) is 0. The van der Waals surface area contributed by atoms with Crippen LogP contribution in [0.2, 0.25) is 0 Å². The highest BCUT2D eigenvalue weighted by Crippen LogP contribution is 2.45. The van der Waals surface area contributed by atoms with Gasteiger partial charge in [-0.2, -0.15) is 0 Å². The summed E-state index contributed by atoms with van der Waals surface area (Å²) in [6, 6.07) is 10.1. The molecule has 1 unspecified atom stereocenters.